The van der Waals surface area contributed by atoms with Gasteiger partial charge in [0.2, 0.25) is 5.91 Å². The number of nitrogens with one attached hydrogen (secondary N) is 1. The van der Waals surface area contributed by atoms with Crippen LogP contribution in [-0.2, 0) is 22.2 Å². The van der Waals surface area contributed by atoms with Crippen LogP contribution in [0.2, 0.25) is 5.02 Å². The summed E-state index contributed by atoms with van der Waals surface area (Å²) in [4.78, 5) is 28.8. The fraction of sp³-hybridized carbons (Fsp3) is 0.192. The van der Waals surface area contributed by atoms with E-state index in [2.05, 4.69) is 5.32 Å². The van der Waals surface area contributed by atoms with Crippen molar-refractivity contribution in [2.45, 2.75) is 25.1 Å². The average Bonchev–Trinajstić information content (AvgIpc) is 3.08. The summed E-state index contributed by atoms with van der Waals surface area (Å²) >= 11 is 11.5. The number of alkyl halides is 3. The van der Waals surface area contributed by atoms with Crippen LogP contribution in [-0.4, -0.2) is 34.4 Å². The van der Waals surface area contributed by atoms with E-state index in [4.69, 9.17) is 23.8 Å². The van der Waals surface area contributed by atoms with Crippen LogP contribution in [0.5, 0.6) is 0 Å². The van der Waals surface area contributed by atoms with Crippen molar-refractivity contribution >= 4 is 52.1 Å². The highest BCUT2D eigenvalue weighted by Gasteiger charge is 2.44. The van der Waals surface area contributed by atoms with E-state index in [1.165, 1.54) is 41.3 Å². The number of halogens is 5. The number of anilines is 2. The molecule has 0 aromatic heterocycles. The molecule has 1 heterocycles. The number of hydrogen-bond donors (Lipinski definition) is 1. The van der Waals surface area contributed by atoms with E-state index < -0.39 is 35.4 Å². The maximum atomic E-state index is 13.4. The Kier molecular flexibility index (Phi) is 7.79. The first-order chi connectivity index (χ1) is 17.5. The van der Waals surface area contributed by atoms with Gasteiger partial charge in [0.25, 0.3) is 5.91 Å². The molecule has 11 heteroatoms. The minimum absolute atomic E-state index is 0.00197. The first-order valence-electron chi connectivity index (χ1n) is 11.1. The van der Waals surface area contributed by atoms with Crippen molar-refractivity contribution < 1.29 is 27.2 Å². The predicted octanol–water partition coefficient (Wildman–Crippen LogP) is 6.07. The lowest BCUT2D eigenvalue weighted by Gasteiger charge is -2.24. The molecule has 1 saturated heterocycles. The summed E-state index contributed by atoms with van der Waals surface area (Å²) in [6, 6.07) is 15.4. The number of carbonyl (C=O) groups excluding carboxylic acids is 2. The molecule has 0 bridgehead atoms. The number of thiocarbonyl (C=S) groups is 1. The lowest BCUT2D eigenvalue weighted by atomic mass is 10.1. The third kappa shape index (κ3) is 6.26. The van der Waals surface area contributed by atoms with Gasteiger partial charge < -0.3 is 10.2 Å². The molecule has 37 heavy (non-hydrogen) atoms. The van der Waals surface area contributed by atoms with Gasteiger partial charge in [-0.15, -0.1) is 0 Å². The second-order valence-corrected chi connectivity index (χ2v) is 9.15. The van der Waals surface area contributed by atoms with Gasteiger partial charge in [0.15, 0.2) is 5.11 Å². The molecular formula is C26H20ClF4N3O2S. The summed E-state index contributed by atoms with van der Waals surface area (Å²) in [5.74, 6) is -1.62. The van der Waals surface area contributed by atoms with Gasteiger partial charge in [-0.1, -0.05) is 29.8 Å². The van der Waals surface area contributed by atoms with Crippen LogP contribution in [0.3, 0.4) is 0 Å². The van der Waals surface area contributed by atoms with E-state index in [1.54, 1.807) is 12.1 Å². The van der Waals surface area contributed by atoms with Crippen LogP contribution < -0.4 is 10.2 Å². The van der Waals surface area contributed by atoms with E-state index in [9.17, 15) is 27.2 Å². The van der Waals surface area contributed by atoms with Crippen molar-refractivity contribution in [3.63, 3.8) is 0 Å². The van der Waals surface area contributed by atoms with Crippen molar-refractivity contribution in [2.24, 2.45) is 0 Å². The first-order valence-corrected chi connectivity index (χ1v) is 11.9. The number of rotatable bonds is 7. The number of carbonyl (C=O) groups is 2. The molecule has 1 aliphatic heterocycles. The molecule has 4 rings (SSSR count). The lowest BCUT2D eigenvalue weighted by molar-refractivity contribution is -0.137. The molecule has 5 nitrogen and oxygen atoms in total. The Morgan fingerprint density at radius 3 is 2.35 bits per heavy atom. The van der Waals surface area contributed by atoms with Crippen molar-refractivity contribution in [3.05, 3.63) is 94.8 Å². The molecule has 2 amide bonds. The quantitative estimate of drug-likeness (QED) is 0.287. The fourth-order valence-corrected chi connectivity index (χ4v) is 4.51. The molecule has 0 radical (unpaired) electrons. The summed E-state index contributed by atoms with van der Waals surface area (Å²) in [7, 11) is 0. The molecule has 1 N–H and O–H groups in total. The van der Waals surface area contributed by atoms with Crippen molar-refractivity contribution in [1.29, 1.82) is 0 Å². The molecule has 0 unspecified atom stereocenters. The molecule has 0 spiro atoms. The molecule has 1 aliphatic rings. The lowest BCUT2D eigenvalue weighted by Crippen LogP contribution is -2.39. The summed E-state index contributed by atoms with van der Waals surface area (Å²) < 4.78 is 53.1. The second kappa shape index (κ2) is 10.9. The molecule has 0 saturated carbocycles. The summed E-state index contributed by atoms with van der Waals surface area (Å²) in [6.07, 6.45) is -4.48. The average molecular weight is 550 g/mol. The zero-order valence-corrected chi connectivity index (χ0v) is 20.7. The van der Waals surface area contributed by atoms with Crippen LogP contribution in [0.1, 0.15) is 17.5 Å². The third-order valence-corrected chi connectivity index (χ3v) is 6.48. The Hall–Kier alpha value is -3.50. The van der Waals surface area contributed by atoms with Crippen LogP contribution in [0, 0.1) is 5.82 Å². The van der Waals surface area contributed by atoms with E-state index >= 15 is 0 Å². The summed E-state index contributed by atoms with van der Waals surface area (Å²) in [5.41, 5.74) is 0.266. The Labute approximate surface area is 220 Å². The van der Waals surface area contributed by atoms with Crippen LogP contribution >= 0.6 is 23.8 Å². The summed E-state index contributed by atoms with van der Waals surface area (Å²) in [5, 5.41) is 3.16. The maximum absolute atomic E-state index is 13.4. The Morgan fingerprint density at radius 1 is 1.03 bits per heavy atom. The van der Waals surface area contributed by atoms with Gasteiger partial charge >= 0.3 is 6.18 Å². The number of amides is 2. The normalized spacial score (nSPS) is 15.9. The van der Waals surface area contributed by atoms with Crippen LogP contribution in [0.15, 0.2) is 72.8 Å². The number of nitrogens with zero attached hydrogens (tertiary/aromatic N) is 2. The Bertz CT molecular complexity index is 1320. The number of benzene rings is 3. The fourth-order valence-electron chi connectivity index (χ4n) is 3.97. The van der Waals surface area contributed by atoms with E-state index in [0.29, 0.717) is 17.1 Å². The van der Waals surface area contributed by atoms with Crippen molar-refractivity contribution in [2.75, 3.05) is 16.8 Å². The van der Waals surface area contributed by atoms with Gasteiger partial charge in [0.05, 0.1) is 17.7 Å². The standard InChI is InChI=1S/C26H20ClF4N3O2S/c27-18-6-4-16(5-7-18)12-13-33-22(15-23(35)32-20-10-8-19(28)9-11-20)24(36)34(25(33)37)21-3-1-2-17(14-21)26(29,30)31/h1-11,14,22H,12-13,15H2,(H,32,35)/t22-/m0/s1. The molecule has 0 aliphatic carbocycles. The van der Waals surface area contributed by atoms with Crippen LogP contribution in [0.25, 0.3) is 0 Å². The van der Waals surface area contributed by atoms with Gasteiger partial charge in [-0.25, -0.2) is 4.39 Å². The highest BCUT2D eigenvalue weighted by atomic mass is 35.5. The zero-order chi connectivity index (χ0) is 26.7. The predicted molar refractivity (Wildman–Crippen MR) is 137 cm³/mol. The van der Waals surface area contributed by atoms with Gasteiger partial charge in [-0.2, -0.15) is 13.2 Å². The molecular weight excluding hydrogens is 530 g/mol. The maximum Gasteiger partial charge on any atom is 0.416 e. The molecule has 3 aromatic rings. The topological polar surface area (TPSA) is 52.7 Å². The highest BCUT2D eigenvalue weighted by molar-refractivity contribution is 7.80. The minimum atomic E-state index is -4.61. The molecule has 192 valence electrons. The number of hydrogen-bond acceptors (Lipinski definition) is 3. The van der Waals surface area contributed by atoms with Gasteiger partial charge in [-0.05, 0) is 78.8 Å². The summed E-state index contributed by atoms with van der Waals surface area (Å²) in [6.45, 7) is 0.232. The largest absolute Gasteiger partial charge is 0.416 e. The van der Waals surface area contributed by atoms with Gasteiger partial charge in [0.1, 0.15) is 11.9 Å². The van der Waals surface area contributed by atoms with Gasteiger partial charge in [0, 0.05) is 17.3 Å². The smallest absolute Gasteiger partial charge is 0.336 e. The molecule has 3 aromatic carbocycles. The Balaban J connectivity index is 1.59. The molecule has 1 atom stereocenters. The monoisotopic (exact) mass is 549 g/mol. The zero-order valence-electron chi connectivity index (χ0n) is 19.1. The second-order valence-electron chi connectivity index (χ2n) is 8.35. The van der Waals surface area contributed by atoms with E-state index in [0.717, 1.165) is 22.6 Å². The van der Waals surface area contributed by atoms with E-state index in [1.807, 2.05) is 12.1 Å². The SMILES string of the molecule is O=C(C[C@H]1C(=O)N(c2cccc(C(F)(F)F)c2)C(=S)N1CCc1ccc(Cl)cc1)Nc1ccc(F)cc1. The minimum Gasteiger partial charge on any atom is -0.336 e. The van der Waals surface area contributed by atoms with Crippen molar-refractivity contribution in [1.82, 2.24) is 4.90 Å². The van der Waals surface area contributed by atoms with Crippen molar-refractivity contribution in [3.8, 4) is 0 Å². The van der Waals surface area contributed by atoms with E-state index in [-0.39, 0.29) is 23.8 Å². The van der Waals surface area contributed by atoms with Gasteiger partial charge in [-0.3, -0.25) is 14.5 Å². The third-order valence-electron chi connectivity index (χ3n) is 5.81. The Morgan fingerprint density at radius 2 is 1.70 bits per heavy atom. The molecule has 1 fully saturated rings. The van der Waals surface area contributed by atoms with Crippen LogP contribution in [0.4, 0.5) is 28.9 Å². The highest BCUT2D eigenvalue weighted by Crippen LogP contribution is 2.34. The first kappa shape index (κ1) is 26.6.